The minimum absolute atomic E-state index is 0.631. The third-order valence-electron chi connectivity index (χ3n) is 2.21. The Hall–Kier alpha value is -0.300. The van der Waals surface area contributed by atoms with Crippen molar-refractivity contribution in [3.05, 3.63) is 11.6 Å². The Bertz CT molecular complexity index is 147. The summed E-state index contributed by atoms with van der Waals surface area (Å²) >= 11 is 0. The maximum atomic E-state index is 3.56. The van der Waals surface area contributed by atoms with Crippen molar-refractivity contribution in [2.75, 3.05) is 0 Å². The van der Waals surface area contributed by atoms with Gasteiger partial charge in [0.1, 0.15) is 0 Å². The van der Waals surface area contributed by atoms with Crippen LogP contribution >= 0.6 is 0 Å². The third-order valence-corrected chi connectivity index (χ3v) is 2.21. The molecule has 0 amide bonds. The molecule has 0 saturated heterocycles. The Morgan fingerprint density at radius 2 is 2.00 bits per heavy atom. The summed E-state index contributed by atoms with van der Waals surface area (Å²) in [5.74, 6) is 0. The van der Waals surface area contributed by atoms with E-state index in [1.807, 2.05) is 13.8 Å². The Morgan fingerprint density at radius 1 is 1.38 bits per heavy atom. The van der Waals surface area contributed by atoms with E-state index in [0.29, 0.717) is 6.04 Å². The zero-order chi connectivity index (χ0) is 10.3. The molecule has 1 N–H and O–H groups in total. The molecule has 0 saturated carbocycles. The van der Waals surface area contributed by atoms with Crippen LogP contribution in [0.15, 0.2) is 11.6 Å². The number of hydrogen-bond acceptors (Lipinski definition) is 1. The average Bonchev–Trinajstić information content (AvgIpc) is 2.12. The van der Waals surface area contributed by atoms with Crippen LogP contribution in [0.25, 0.3) is 0 Å². The molecule has 13 heavy (non-hydrogen) atoms. The summed E-state index contributed by atoms with van der Waals surface area (Å²) in [6.45, 7) is 10.7. The zero-order valence-electron chi connectivity index (χ0n) is 9.85. The molecule has 1 unspecified atom stereocenters. The summed E-state index contributed by atoms with van der Waals surface area (Å²) in [5, 5.41) is 3.56. The van der Waals surface area contributed by atoms with E-state index < -0.39 is 0 Å². The SMILES string of the molecule is CC.CC1=CCC(NC(C)C)CC1. The summed E-state index contributed by atoms with van der Waals surface area (Å²) in [6.07, 6.45) is 6.19. The van der Waals surface area contributed by atoms with E-state index in [9.17, 15) is 0 Å². The fraction of sp³-hybridized carbons (Fsp3) is 0.833. The highest BCUT2D eigenvalue weighted by molar-refractivity contribution is 5.04. The maximum Gasteiger partial charge on any atom is 0.0107 e. The summed E-state index contributed by atoms with van der Waals surface area (Å²) in [7, 11) is 0. The predicted octanol–water partition coefficient (Wildman–Crippen LogP) is 3.51. The molecule has 1 atom stereocenters. The molecule has 1 rings (SSSR count). The molecule has 0 aromatic heterocycles. The number of nitrogens with one attached hydrogen (secondary N) is 1. The zero-order valence-corrected chi connectivity index (χ0v) is 9.85. The summed E-state index contributed by atoms with van der Waals surface area (Å²) < 4.78 is 0. The van der Waals surface area contributed by atoms with Crippen LogP contribution in [0, 0.1) is 0 Å². The first kappa shape index (κ1) is 12.7. The van der Waals surface area contributed by atoms with Crippen LogP contribution in [0.4, 0.5) is 0 Å². The van der Waals surface area contributed by atoms with Crippen LogP contribution in [0.2, 0.25) is 0 Å². The second-order valence-electron chi connectivity index (χ2n) is 3.84. The molecular weight excluding hydrogens is 158 g/mol. The van der Waals surface area contributed by atoms with Gasteiger partial charge in [0, 0.05) is 12.1 Å². The second-order valence-corrected chi connectivity index (χ2v) is 3.84. The van der Waals surface area contributed by atoms with Gasteiger partial charge in [-0.3, -0.25) is 0 Å². The molecule has 0 heterocycles. The number of hydrogen-bond donors (Lipinski definition) is 1. The van der Waals surface area contributed by atoms with Crippen molar-refractivity contribution in [2.45, 2.75) is 66.0 Å². The number of allylic oxidation sites excluding steroid dienone is 1. The van der Waals surface area contributed by atoms with Crippen LogP contribution < -0.4 is 5.32 Å². The van der Waals surface area contributed by atoms with Crippen LogP contribution in [0.3, 0.4) is 0 Å². The van der Waals surface area contributed by atoms with Gasteiger partial charge in [-0.05, 0) is 26.2 Å². The lowest BCUT2D eigenvalue weighted by Gasteiger charge is -2.23. The van der Waals surface area contributed by atoms with Gasteiger partial charge in [0.2, 0.25) is 0 Å². The Balaban J connectivity index is 0.000000671. The van der Waals surface area contributed by atoms with Gasteiger partial charge in [-0.1, -0.05) is 39.3 Å². The van der Waals surface area contributed by atoms with E-state index in [1.165, 1.54) is 19.3 Å². The van der Waals surface area contributed by atoms with Gasteiger partial charge in [0.25, 0.3) is 0 Å². The third kappa shape index (κ3) is 5.87. The molecule has 0 fully saturated rings. The van der Waals surface area contributed by atoms with Gasteiger partial charge in [-0.25, -0.2) is 0 Å². The van der Waals surface area contributed by atoms with Crippen molar-refractivity contribution < 1.29 is 0 Å². The molecule has 1 heteroatoms. The highest BCUT2D eigenvalue weighted by atomic mass is 14.9. The molecule has 0 spiro atoms. The fourth-order valence-electron chi connectivity index (χ4n) is 1.59. The minimum atomic E-state index is 0.631. The van der Waals surface area contributed by atoms with E-state index in [1.54, 1.807) is 5.57 Å². The summed E-state index contributed by atoms with van der Waals surface area (Å²) in [4.78, 5) is 0. The highest BCUT2D eigenvalue weighted by Crippen LogP contribution is 2.17. The van der Waals surface area contributed by atoms with Gasteiger partial charge in [0.05, 0.1) is 0 Å². The van der Waals surface area contributed by atoms with Gasteiger partial charge in [-0.15, -0.1) is 0 Å². The number of rotatable bonds is 2. The van der Waals surface area contributed by atoms with Crippen LogP contribution in [0.5, 0.6) is 0 Å². The summed E-state index contributed by atoms with van der Waals surface area (Å²) in [5.41, 5.74) is 1.56. The Morgan fingerprint density at radius 3 is 2.38 bits per heavy atom. The highest BCUT2D eigenvalue weighted by Gasteiger charge is 2.11. The molecule has 1 aliphatic carbocycles. The smallest absolute Gasteiger partial charge is 0.0107 e. The van der Waals surface area contributed by atoms with Crippen LogP contribution in [-0.4, -0.2) is 12.1 Å². The van der Waals surface area contributed by atoms with E-state index in [4.69, 9.17) is 0 Å². The largest absolute Gasteiger partial charge is 0.311 e. The monoisotopic (exact) mass is 183 g/mol. The fourth-order valence-corrected chi connectivity index (χ4v) is 1.59. The van der Waals surface area contributed by atoms with Gasteiger partial charge in [0.15, 0.2) is 0 Å². The van der Waals surface area contributed by atoms with E-state index in [0.717, 1.165) is 6.04 Å². The average molecular weight is 183 g/mol. The van der Waals surface area contributed by atoms with Crippen molar-refractivity contribution in [1.29, 1.82) is 0 Å². The molecule has 1 nitrogen and oxygen atoms in total. The molecular formula is C12H25N. The van der Waals surface area contributed by atoms with Crippen molar-refractivity contribution in [3.63, 3.8) is 0 Å². The first-order chi connectivity index (χ1) is 6.18. The normalized spacial score (nSPS) is 22.0. The lowest BCUT2D eigenvalue weighted by atomic mass is 9.96. The lowest BCUT2D eigenvalue weighted by Crippen LogP contribution is -2.35. The van der Waals surface area contributed by atoms with Crippen molar-refractivity contribution >= 4 is 0 Å². The minimum Gasteiger partial charge on any atom is -0.311 e. The van der Waals surface area contributed by atoms with Crippen molar-refractivity contribution in [1.82, 2.24) is 5.32 Å². The summed E-state index contributed by atoms with van der Waals surface area (Å²) in [6, 6.07) is 1.37. The molecule has 0 bridgehead atoms. The molecule has 0 radical (unpaired) electrons. The molecule has 0 aromatic carbocycles. The van der Waals surface area contributed by atoms with E-state index in [2.05, 4.69) is 32.2 Å². The Labute approximate surface area is 83.6 Å². The molecule has 78 valence electrons. The molecule has 0 aromatic rings. The van der Waals surface area contributed by atoms with Gasteiger partial charge < -0.3 is 5.32 Å². The maximum absolute atomic E-state index is 3.56. The quantitative estimate of drug-likeness (QED) is 0.646. The predicted molar refractivity (Wildman–Crippen MR) is 61.0 cm³/mol. The lowest BCUT2D eigenvalue weighted by molar-refractivity contribution is 0.429. The first-order valence-electron chi connectivity index (χ1n) is 5.60. The first-order valence-corrected chi connectivity index (χ1v) is 5.60. The van der Waals surface area contributed by atoms with Crippen LogP contribution in [-0.2, 0) is 0 Å². The van der Waals surface area contributed by atoms with Gasteiger partial charge >= 0.3 is 0 Å². The standard InChI is InChI=1S/C10H19N.C2H6/c1-8(2)11-10-6-4-9(3)5-7-10;1-2/h4,8,10-11H,5-7H2,1-3H3;1-2H3. The molecule has 1 aliphatic rings. The molecule has 0 aliphatic heterocycles. The van der Waals surface area contributed by atoms with E-state index in [-0.39, 0.29) is 0 Å². The van der Waals surface area contributed by atoms with Crippen LogP contribution in [0.1, 0.15) is 53.9 Å². The van der Waals surface area contributed by atoms with Crippen molar-refractivity contribution in [2.24, 2.45) is 0 Å². The van der Waals surface area contributed by atoms with E-state index >= 15 is 0 Å². The van der Waals surface area contributed by atoms with Crippen molar-refractivity contribution in [3.8, 4) is 0 Å². The Kier molecular flexibility index (Phi) is 6.97. The second kappa shape index (κ2) is 7.14. The van der Waals surface area contributed by atoms with Gasteiger partial charge in [-0.2, -0.15) is 0 Å². The topological polar surface area (TPSA) is 12.0 Å².